The van der Waals surface area contributed by atoms with Gasteiger partial charge < -0.3 is 16.0 Å². The van der Waals surface area contributed by atoms with E-state index in [4.69, 9.17) is 9.79 Å². The number of hydrogen-bond acceptors (Lipinski definition) is 4. The summed E-state index contributed by atoms with van der Waals surface area (Å²) in [6.07, 6.45) is 1.95. The summed E-state index contributed by atoms with van der Waals surface area (Å²) in [4.78, 5) is 27.1. The standard InChI is InChI=1S/C7H13O6P.K.H/c1-2-7(8)12-5-3-4-6-13-14(9,10)11;;/h2H,1,3-6H2,(H2,9,10,11);;/q;+1;-1. The molecule has 0 aliphatic carbocycles. The van der Waals surface area contributed by atoms with Crippen molar-refractivity contribution < 1.29 is 81.2 Å². The van der Waals surface area contributed by atoms with Gasteiger partial charge in [0, 0.05) is 6.08 Å². The molecule has 6 nitrogen and oxygen atoms in total. The van der Waals surface area contributed by atoms with E-state index >= 15 is 0 Å². The fourth-order valence-corrected chi connectivity index (χ4v) is 0.986. The first kappa shape index (κ1) is 18.3. The van der Waals surface area contributed by atoms with E-state index in [1.807, 2.05) is 0 Å². The minimum Gasteiger partial charge on any atom is -1.00 e. The van der Waals surface area contributed by atoms with Gasteiger partial charge in [-0.1, -0.05) is 6.58 Å². The molecule has 15 heavy (non-hydrogen) atoms. The number of ether oxygens (including phenoxy) is 1. The van der Waals surface area contributed by atoms with E-state index in [0.29, 0.717) is 12.8 Å². The van der Waals surface area contributed by atoms with Crippen LogP contribution in [-0.4, -0.2) is 29.0 Å². The van der Waals surface area contributed by atoms with Crippen LogP contribution >= 0.6 is 7.82 Å². The van der Waals surface area contributed by atoms with Crippen molar-refractivity contribution >= 4 is 13.8 Å². The molecule has 84 valence electrons. The topological polar surface area (TPSA) is 93.1 Å². The second kappa shape index (κ2) is 10.1. The number of carbonyl (C=O) groups excluding carboxylic acids is 1. The van der Waals surface area contributed by atoms with E-state index in [-0.39, 0.29) is 66.0 Å². The van der Waals surface area contributed by atoms with Crippen LogP contribution in [0.5, 0.6) is 0 Å². The predicted octanol–water partition coefficient (Wildman–Crippen LogP) is -2.28. The van der Waals surface area contributed by atoms with E-state index < -0.39 is 13.8 Å². The van der Waals surface area contributed by atoms with Crippen molar-refractivity contribution in [1.82, 2.24) is 0 Å². The van der Waals surface area contributed by atoms with Gasteiger partial charge in [-0.2, -0.15) is 0 Å². The summed E-state index contributed by atoms with van der Waals surface area (Å²) < 4.78 is 19.0. The first-order valence-corrected chi connectivity index (χ1v) is 5.48. The average molecular weight is 264 g/mol. The molecular weight excluding hydrogens is 250 g/mol. The summed E-state index contributed by atoms with van der Waals surface area (Å²) in [6.45, 7) is 3.34. The van der Waals surface area contributed by atoms with Crippen molar-refractivity contribution in [1.29, 1.82) is 0 Å². The molecule has 0 bridgehead atoms. The Morgan fingerprint density at radius 1 is 1.40 bits per heavy atom. The maximum absolute atomic E-state index is 10.5. The third kappa shape index (κ3) is 15.0. The van der Waals surface area contributed by atoms with Gasteiger partial charge in [-0.25, -0.2) is 9.36 Å². The molecule has 0 atom stereocenters. The van der Waals surface area contributed by atoms with Crippen molar-refractivity contribution in [3.05, 3.63) is 12.7 Å². The first-order chi connectivity index (χ1) is 6.45. The Morgan fingerprint density at radius 3 is 2.40 bits per heavy atom. The van der Waals surface area contributed by atoms with E-state index in [1.54, 1.807) is 0 Å². The van der Waals surface area contributed by atoms with Gasteiger partial charge in [0.2, 0.25) is 0 Å². The van der Waals surface area contributed by atoms with Crippen molar-refractivity contribution in [3.8, 4) is 0 Å². The number of unbranched alkanes of at least 4 members (excludes halogenated alkanes) is 1. The molecule has 0 aliphatic rings. The summed E-state index contributed by atoms with van der Waals surface area (Å²) in [5.74, 6) is -0.513. The van der Waals surface area contributed by atoms with Crippen molar-refractivity contribution in [2.75, 3.05) is 13.2 Å². The monoisotopic (exact) mass is 264 g/mol. The molecule has 0 saturated heterocycles. The third-order valence-electron chi connectivity index (χ3n) is 1.21. The van der Waals surface area contributed by atoms with Gasteiger partial charge in [0.15, 0.2) is 0 Å². The normalized spacial score (nSPS) is 10.3. The number of hydrogen-bond donors (Lipinski definition) is 2. The number of carbonyl (C=O) groups is 1. The van der Waals surface area contributed by atoms with Crippen LogP contribution in [0.25, 0.3) is 0 Å². The van der Waals surface area contributed by atoms with E-state index in [1.165, 1.54) is 0 Å². The summed E-state index contributed by atoms with van der Waals surface area (Å²) in [6, 6.07) is 0. The third-order valence-corrected chi connectivity index (χ3v) is 1.73. The first-order valence-electron chi connectivity index (χ1n) is 3.95. The van der Waals surface area contributed by atoms with Crippen LogP contribution in [0.1, 0.15) is 14.3 Å². The van der Waals surface area contributed by atoms with Crippen LogP contribution in [-0.2, 0) is 18.6 Å². The van der Waals surface area contributed by atoms with E-state index in [9.17, 15) is 9.36 Å². The van der Waals surface area contributed by atoms with Crippen LogP contribution in [0.3, 0.4) is 0 Å². The SMILES string of the molecule is C=CC(=O)OCCCCOP(=O)(O)O.[H-].[K+]. The Balaban J connectivity index is -0.000000845. The zero-order valence-corrected chi connectivity index (χ0v) is 12.6. The van der Waals surface area contributed by atoms with E-state index in [0.717, 1.165) is 6.08 Å². The summed E-state index contributed by atoms with van der Waals surface area (Å²) in [5.41, 5.74) is 0. The Bertz CT molecular complexity index is 243. The number of rotatable bonds is 7. The Hall–Kier alpha value is 0.956. The van der Waals surface area contributed by atoms with Crippen molar-refractivity contribution in [2.24, 2.45) is 0 Å². The Labute approximate surface area is 132 Å². The van der Waals surface area contributed by atoms with Crippen LogP contribution in [0.2, 0.25) is 0 Å². The molecule has 0 aromatic rings. The zero-order chi connectivity index (χ0) is 11.0. The molecule has 0 saturated carbocycles. The van der Waals surface area contributed by atoms with Gasteiger partial charge >= 0.3 is 65.2 Å². The van der Waals surface area contributed by atoms with Gasteiger partial charge in [0.1, 0.15) is 0 Å². The largest absolute Gasteiger partial charge is 1.00 e. The Morgan fingerprint density at radius 2 is 1.93 bits per heavy atom. The van der Waals surface area contributed by atoms with Gasteiger partial charge in [0.05, 0.1) is 13.2 Å². The van der Waals surface area contributed by atoms with E-state index in [2.05, 4.69) is 15.8 Å². The molecule has 0 aromatic heterocycles. The second-order valence-electron chi connectivity index (χ2n) is 2.40. The van der Waals surface area contributed by atoms with Crippen LogP contribution in [0.4, 0.5) is 0 Å². The molecule has 0 aromatic carbocycles. The zero-order valence-electron chi connectivity index (χ0n) is 9.59. The fraction of sp³-hybridized carbons (Fsp3) is 0.571. The number of esters is 1. The molecule has 0 rings (SSSR count). The van der Waals surface area contributed by atoms with Crippen molar-refractivity contribution in [3.63, 3.8) is 0 Å². The minimum absolute atomic E-state index is 0. The molecule has 0 spiro atoms. The number of phosphoric acid groups is 1. The van der Waals surface area contributed by atoms with Gasteiger partial charge in [-0.3, -0.25) is 4.52 Å². The molecule has 0 aliphatic heterocycles. The van der Waals surface area contributed by atoms with Crippen LogP contribution < -0.4 is 51.4 Å². The summed E-state index contributed by atoms with van der Waals surface area (Å²) >= 11 is 0. The smallest absolute Gasteiger partial charge is 1.00 e. The minimum atomic E-state index is -4.36. The predicted molar refractivity (Wildman–Crippen MR) is 49.5 cm³/mol. The summed E-state index contributed by atoms with van der Waals surface area (Å²) in [7, 11) is -4.36. The Kier molecular flexibility index (Phi) is 12.4. The maximum Gasteiger partial charge on any atom is 1.00 e. The molecule has 2 N–H and O–H groups in total. The average Bonchev–Trinajstić information content (AvgIpc) is 2.08. The molecule has 0 unspecified atom stereocenters. The van der Waals surface area contributed by atoms with Crippen LogP contribution in [0, 0.1) is 0 Å². The number of phosphoric ester groups is 1. The maximum atomic E-state index is 10.5. The molecule has 0 radical (unpaired) electrons. The van der Waals surface area contributed by atoms with Gasteiger partial charge in [0.25, 0.3) is 0 Å². The molecule has 0 fully saturated rings. The molecule has 0 amide bonds. The molecule has 0 heterocycles. The summed E-state index contributed by atoms with van der Waals surface area (Å²) in [5, 5.41) is 0. The second-order valence-corrected chi connectivity index (χ2v) is 3.64. The van der Waals surface area contributed by atoms with Gasteiger partial charge in [-0.05, 0) is 12.8 Å². The van der Waals surface area contributed by atoms with Crippen molar-refractivity contribution in [2.45, 2.75) is 12.8 Å². The fourth-order valence-electron chi connectivity index (χ4n) is 0.619. The quantitative estimate of drug-likeness (QED) is 0.177. The molecular formula is C7H14KO6P. The van der Waals surface area contributed by atoms with Crippen LogP contribution in [0.15, 0.2) is 12.7 Å². The molecule has 8 heteroatoms. The van der Waals surface area contributed by atoms with Gasteiger partial charge in [-0.15, -0.1) is 0 Å².